The standard InChI is InChI=1S/C14H18N2O4/c1-9-5-6-12(17)11(8-9)16-14(20)15-7-3-4-10(2)13(18)19/h5-6,8,17H,2-4,7H2,1H3,(H,18,19)(H2,15,16,20). The number of carboxylic acids is 1. The van der Waals surface area contributed by atoms with Gasteiger partial charge in [0.2, 0.25) is 0 Å². The highest BCUT2D eigenvalue weighted by atomic mass is 16.4. The molecule has 0 atom stereocenters. The maximum Gasteiger partial charge on any atom is 0.330 e. The minimum Gasteiger partial charge on any atom is -0.506 e. The van der Waals surface area contributed by atoms with Crippen LogP contribution in [-0.2, 0) is 4.79 Å². The van der Waals surface area contributed by atoms with Crippen LogP contribution in [0.4, 0.5) is 10.5 Å². The van der Waals surface area contributed by atoms with Crippen LogP contribution in [-0.4, -0.2) is 28.8 Å². The van der Waals surface area contributed by atoms with Crippen LogP contribution in [0.2, 0.25) is 0 Å². The summed E-state index contributed by atoms with van der Waals surface area (Å²) >= 11 is 0. The molecule has 0 saturated heterocycles. The van der Waals surface area contributed by atoms with Crippen LogP contribution in [0.5, 0.6) is 5.75 Å². The minimum absolute atomic E-state index is 0.00925. The number of aryl methyl sites for hydroxylation is 1. The largest absolute Gasteiger partial charge is 0.506 e. The normalized spacial score (nSPS) is 9.85. The highest BCUT2D eigenvalue weighted by molar-refractivity contribution is 5.91. The second kappa shape index (κ2) is 7.18. The van der Waals surface area contributed by atoms with Crippen LogP contribution < -0.4 is 10.6 Å². The lowest BCUT2D eigenvalue weighted by Crippen LogP contribution is -2.29. The molecule has 0 saturated carbocycles. The number of amides is 2. The quantitative estimate of drug-likeness (QED) is 0.364. The fourth-order valence-corrected chi connectivity index (χ4v) is 1.53. The van der Waals surface area contributed by atoms with Crippen molar-refractivity contribution in [3.63, 3.8) is 0 Å². The second-order valence-corrected chi connectivity index (χ2v) is 4.41. The fraction of sp³-hybridized carbons (Fsp3) is 0.286. The molecule has 0 radical (unpaired) electrons. The third kappa shape index (κ3) is 5.01. The Morgan fingerprint density at radius 2 is 2.05 bits per heavy atom. The van der Waals surface area contributed by atoms with Crippen LogP contribution >= 0.6 is 0 Å². The number of rotatable bonds is 6. The Labute approximate surface area is 117 Å². The summed E-state index contributed by atoms with van der Waals surface area (Å²) < 4.78 is 0. The van der Waals surface area contributed by atoms with Crippen molar-refractivity contribution in [3.8, 4) is 5.75 Å². The maximum absolute atomic E-state index is 11.6. The topological polar surface area (TPSA) is 98.7 Å². The molecular formula is C14H18N2O4. The fourth-order valence-electron chi connectivity index (χ4n) is 1.53. The van der Waals surface area contributed by atoms with Gasteiger partial charge in [0.1, 0.15) is 5.75 Å². The summed E-state index contributed by atoms with van der Waals surface area (Å²) in [7, 11) is 0. The monoisotopic (exact) mass is 278 g/mol. The number of carbonyl (C=O) groups is 2. The molecule has 0 heterocycles. The Balaban J connectivity index is 2.35. The summed E-state index contributed by atoms with van der Waals surface area (Å²) in [6, 6.07) is 4.44. The molecule has 2 amide bonds. The van der Waals surface area contributed by atoms with Gasteiger partial charge in [0, 0.05) is 12.1 Å². The highest BCUT2D eigenvalue weighted by Gasteiger charge is 2.07. The number of hydrogen-bond acceptors (Lipinski definition) is 3. The number of aliphatic carboxylic acids is 1. The summed E-state index contributed by atoms with van der Waals surface area (Å²) in [4.78, 5) is 22.1. The Bertz CT molecular complexity index is 526. The van der Waals surface area contributed by atoms with E-state index < -0.39 is 12.0 Å². The molecule has 6 heteroatoms. The van der Waals surface area contributed by atoms with E-state index >= 15 is 0 Å². The van der Waals surface area contributed by atoms with Crippen LogP contribution in [0.3, 0.4) is 0 Å². The zero-order chi connectivity index (χ0) is 15.1. The first-order valence-corrected chi connectivity index (χ1v) is 6.15. The number of phenolic OH excluding ortho intramolecular Hbond substituents is 1. The maximum atomic E-state index is 11.6. The molecule has 0 spiro atoms. The van der Waals surface area contributed by atoms with E-state index in [1.807, 2.05) is 6.92 Å². The first kappa shape index (κ1) is 15.6. The van der Waals surface area contributed by atoms with E-state index in [-0.39, 0.29) is 11.3 Å². The van der Waals surface area contributed by atoms with E-state index in [1.165, 1.54) is 6.07 Å². The molecule has 0 unspecified atom stereocenters. The van der Waals surface area contributed by atoms with E-state index in [9.17, 15) is 14.7 Å². The van der Waals surface area contributed by atoms with Crippen LogP contribution in [0, 0.1) is 6.92 Å². The van der Waals surface area contributed by atoms with Crippen molar-refractivity contribution in [1.29, 1.82) is 0 Å². The zero-order valence-corrected chi connectivity index (χ0v) is 11.3. The number of hydrogen-bond donors (Lipinski definition) is 4. The first-order valence-electron chi connectivity index (χ1n) is 6.15. The molecule has 0 aromatic heterocycles. The number of nitrogens with one attached hydrogen (secondary N) is 2. The molecule has 0 aliphatic heterocycles. The van der Waals surface area contributed by atoms with Gasteiger partial charge in [-0.1, -0.05) is 12.6 Å². The third-order valence-electron chi connectivity index (χ3n) is 2.64. The molecule has 0 bridgehead atoms. The summed E-state index contributed by atoms with van der Waals surface area (Å²) in [5, 5.41) is 23.3. The summed E-state index contributed by atoms with van der Waals surface area (Å²) in [6.45, 7) is 5.57. The summed E-state index contributed by atoms with van der Waals surface area (Å²) in [6.07, 6.45) is 0.795. The van der Waals surface area contributed by atoms with Gasteiger partial charge in [-0.25, -0.2) is 9.59 Å². The number of aromatic hydroxyl groups is 1. The van der Waals surface area contributed by atoms with Gasteiger partial charge in [0.05, 0.1) is 5.69 Å². The second-order valence-electron chi connectivity index (χ2n) is 4.41. The Hall–Kier alpha value is -2.50. The molecule has 4 N–H and O–H groups in total. The van der Waals surface area contributed by atoms with Crippen molar-refractivity contribution in [2.24, 2.45) is 0 Å². The smallest absolute Gasteiger partial charge is 0.330 e. The van der Waals surface area contributed by atoms with E-state index in [0.717, 1.165) is 5.56 Å². The van der Waals surface area contributed by atoms with Gasteiger partial charge in [-0.15, -0.1) is 0 Å². The van der Waals surface area contributed by atoms with E-state index in [1.54, 1.807) is 12.1 Å². The molecule has 6 nitrogen and oxygen atoms in total. The summed E-state index contributed by atoms with van der Waals surface area (Å²) in [5.41, 5.74) is 1.36. The Kier molecular flexibility index (Phi) is 5.58. The Morgan fingerprint density at radius 3 is 2.70 bits per heavy atom. The van der Waals surface area contributed by atoms with Crippen LogP contribution in [0.15, 0.2) is 30.4 Å². The van der Waals surface area contributed by atoms with Gasteiger partial charge >= 0.3 is 12.0 Å². The average molecular weight is 278 g/mol. The number of phenols is 1. The van der Waals surface area contributed by atoms with Gasteiger partial charge < -0.3 is 20.8 Å². The molecule has 1 aromatic rings. The molecule has 1 rings (SSSR count). The van der Waals surface area contributed by atoms with Crippen molar-refractivity contribution in [1.82, 2.24) is 5.32 Å². The van der Waals surface area contributed by atoms with Crippen LogP contribution in [0.25, 0.3) is 0 Å². The van der Waals surface area contributed by atoms with Crippen LogP contribution in [0.1, 0.15) is 18.4 Å². The molecule has 0 aliphatic rings. The van der Waals surface area contributed by atoms with Gasteiger partial charge in [0.25, 0.3) is 0 Å². The molecule has 108 valence electrons. The van der Waals surface area contributed by atoms with Crippen molar-refractivity contribution in [2.75, 3.05) is 11.9 Å². The van der Waals surface area contributed by atoms with E-state index in [2.05, 4.69) is 17.2 Å². The van der Waals surface area contributed by atoms with E-state index in [0.29, 0.717) is 25.1 Å². The number of carbonyl (C=O) groups excluding carboxylic acids is 1. The number of anilines is 1. The van der Waals surface area contributed by atoms with Crippen molar-refractivity contribution in [3.05, 3.63) is 35.9 Å². The van der Waals surface area contributed by atoms with Gasteiger partial charge in [-0.05, 0) is 37.5 Å². The first-order chi connectivity index (χ1) is 9.40. The van der Waals surface area contributed by atoms with Gasteiger partial charge in [-0.2, -0.15) is 0 Å². The molecule has 1 aromatic carbocycles. The Morgan fingerprint density at radius 1 is 1.35 bits per heavy atom. The minimum atomic E-state index is -1.03. The predicted octanol–water partition coefficient (Wildman–Crippen LogP) is 2.24. The number of carboxylic acid groups (broad SMARTS) is 1. The highest BCUT2D eigenvalue weighted by Crippen LogP contribution is 2.23. The molecule has 0 aliphatic carbocycles. The number of urea groups is 1. The van der Waals surface area contributed by atoms with Gasteiger partial charge in [-0.3, -0.25) is 0 Å². The molecule has 0 fully saturated rings. The van der Waals surface area contributed by atoms with E-state index in [4.69, 9.17) is 5.11 Å². The van der Waals surface area contributed by atoms with Gasteiger partial charge in [0.15, 0.2) is 0 Å². The molecular weight excluding hydrogens is 260 g/mol. The summed E-state index contributed by atoms with van der Waals surface area (Å²) in [5.74, 6) is -1.04. The SMILES string of the molecule is C=C(CCCNC(=O)Nc1cc(C)ccc1O)C(=O)O. The zero-order valence-electron chi connectivity index (χ0n) is 11.3. The lowest BCUT2D eigenvalue weighted by Gasteiger charge is -2.09. The predicted molar refractivity (Wildman–Crippen MR) is 75.9 cm³/mol. The lowest BCUT2D eigenvalue weighted by molar-refractivity contribution is -0.132. The molecule has 20 heavy (non-hydrogen) atoms. The van der Waals surface area contributed by atoms with Crippen molar-refractivity contribution < 1.29 is 19.8 Å². The lowest BCUT2D eigenvalue weighted by atomic mass is 10.2. The van der Waals surface area contributed by atoms with Crippen molar-refractivity contribution in [2.45, 2.75) is 19.8 Å². The third-order valence-corrected chi connectivity index (χ3v) is 2.64. The number of benzene rings is 1. The average Bonchev–Trinajstić information content (AvgIpc) is 2.38. The van der Waals surface area contributed by atoms with Crippen molar-refractivity contribution >= 4 is 17.7 Å².